The number of ketones is 1. The number of amides is 2. The minimum Gasteiger partial charge on any atom is -0.377 e. The number of methoxy groups -OCH3 is 1. The van der Waals surface area contributed by atoms with Crippen molar-refractivity contribution in [3.8, 4) is 0 Å². The van der Waals surface area contributed by atoms with Crippen molar-refractivity contribution in [1.82, 2.24) is 10.2 Å². The van der Waals surface area contributed by atoms with Crippen LogP contribution in [-0.4, -0.2) is 43.0 Å². The third-order valence-corrected chi connectivity index (χ3v) is 5.45. The number of anilines is 1. The average Bonchev–Trinajstić information content (AvgIpc) is 3.19. The van der Waals surface area contributed by atoms with Gasteiger partial charge in [-0.25, -0.2) is 4.79 Å². The molecule has 2 aromatic rings. The van der Waals surface area contributed by atoms with Crippen LogP contribution in [0.1, 0.15) is 23.1 Å². The number of rotatable bonds is 5. The number of nitrogens with zero attached hydrogens (tertiary/aromatic N) is 1. The first-order valence-electron chi connectivity index (χ1n) is 9.81. The molecule has 0 spiro atoms. The van der Waals surface area contributed by atoms with Crippen molar-refractivity contribution in [2.75, 3.05) is 25.6 Å². The summed E-state index contributed by atoms with van der Waals surface area (Å²) in [6.07, 6.45) is 2.74. The summed E-state index contributed by atoms with van der Waals surface area (Å²) in [6, 6.07) is 15.6. The molecule has 6 nitrogen and oxygen atoms in total. The molecule has 0 aromatic heterocycles. The third-order valence-electron chi connectivity index (χ3n) is 5.45. The van der Waals surface area contributed by atoms with Gasteiger partial charge in [-0.05, 0) is 40.8 Å². The number of ether oxygens (including phenoxy) is 1. The van der Waals surface area contributed by atoms with E-state index in [1.54, 1.807) is 4.90 Å². The Balaban J connectivity index is 1.37. The minimum atomic E-state index is -0.217. The Hall–Kier alpha value is -2.96. The highest BCUT2D eigenvalue weighted by Crippen LogP contribution is 2.26. The van der Waals surface area contributed by atoms with Crippen LogP contribution in [0.5, 0.6) is 0 Å². The Morgan fingerprint density at radius 3 is 2.45 bits per heavy atom. The van der Waals surface area contributed by atoms with Gasteiger partial charge in [0.2, 0.25) is 0 Å². The number of carbonyl (C=O) groups excluding carboxylic acids is 2. The predicted molar refractivity (Wildman–Crippen MR) is 112 cm³/mol. The van der Waals surface area contributed by atoms with Gasteiger partial charge in [0.1, 0.15) is 6.61 Å². The summed E-state index contributed by atoms with van der Waals surface area (Å²) in [5, 5.41) is 6.19. The maximum Gasteiger partial charge on any atom is 0.322 e. The minimum absolute atomic E-state index is 0.0635. The monoisotopic (exact) mass is 391 g/mol. The molecule has 0 bridgehead atoms. The standard InChI is InChI=1S/C23H25N3O3/c1-29-15-22(27)21-12-17(10-11-24-21)16-6-8-20(9-7-16)25-23(28)26-13-18-4-2-3-5-19(18)14-26/h2-10,21,24H,11-15H2,1H3,(H,25,28). The van der Waals surface area contributed by atoms with E-state index in [2.05, 4.69) is 28.8 Å². The molecule has 1 unspecified atom stereocenters. The van der Waals surface area contributed by atoms with Gasteiger partial charge >= 0.3 is 6.03 Å². The molecule has 2 aliphatic heterocycles. The molecule has 2 aliphatic rings. The van der Waals surface area contributed by atoms with Crippen LogP contribution in [0.4, 0.5) is 10.5 Å². The van der Waals surface area contributed by atoms with E-state index in [4.69, 9.17) is 4.74 Å². The van der Waals surface area contributed by atoms with E-state index < -0.39 is 0 Å². The maximum absolute atomic E-state index is 12.6. The van der Waals surface area contributed by atoms with E-state index in [1.807, 2.05) is 36.4 Å². The Bertz CT molecular complexity index is 912. The quantitative estimate of drug-likeness (QED) is 0.821. The number of hydrogen-bond acceptors (Lipinski definition) is 4. The van der Waals surface area contributed by atoms with E-state index in [9.17, 15) is 9.59 Å². The number of hydrogen-bond donors (Lipinski definition) is 2. The number of carbonyl (C=O) groups is 2. The molecule has 150 valence electrons. The average molecular weight is 391 g/mol. The van der Waals surface area contributed by atoms with Gasteiger partial charge in [-0.3, -0.25) is 4.79 Å². The van der Waals surface area contributed by atoms with Gasteiger partial charge in [-0.15, -0.1) is 0 Å². The number of benzene rings is 2. The number of fused-ring (bicyclic) bond motifs is 1. The highest BCUT2D eigenvalue weighted by molar-refractivity contribution is 5.90. The summed E-state index contributed by atoms with van der Waals surface area (Å²) >= 11 is 0. The van der Waals surface area contributed by atoms with E-state index >= 15 is 0 Å². The van der Waals surface area contributed by atoms with Crippen LogP contribution in [0.25, 0.3) is 5.57 Å². The Morgan fingerprint density at radius 1 is 1.10 bits per heavy atom. The fourth-order valence-corrected chi connectivity index (χ4v) is 3.85. The summed E-state index contributed by atoms with van der Waals surface area (Å²) in [5.41, 5.74) is 5.36. The van der Waals surface area contributed by atoms with Crippen molar-refractivity contribution in [2.24, 2.45) is 0 Å². The normalized spacial score (nSPS) is 18.2. The van der Waals surface area contributed by atoms with E-state index in [0.717, 1.165) is 16.8 Å². The van der Waals surface area contributed by atoms with Crippen molar-refractivity contribution >= 4 is 23.1 Å². The van der Waals surface area contributed by atoms with Crippen LogP contribution in [-0.2, 0) is 22.6 Å². The van der Waals surface area contributed by atoms with Gasteiger partial charge in [0, 0.05) is 32.4 Å². The largest absolute Gasteiger partial charge is 0.377 e. The van der Waals surface area contributed by atoms with Gasteiger partial charge in [0.05, 0.1) is 6.04 Å². The highest BCUT2D eigenvalue weighted by atomic mass is 16.5. The highest BCUT2D eigenvalue weighted by Gasteiger charge is 2.24. The lowest BCUT2D eigenvalue weighted by Gasteiger charge is -2.23. The lowest BCUT2D eigenvalue weighted by molar-refractivity contribution is -0.124. The smallest absolute Gasteiger partial charge is 0.322 e. The fraction of sp³-hybridized carbons (Fsp3) is 0.304. The van der Waals surface area contributed by atoms with Crippen LogP contribution in [0.3, 0.4) is 0 Å². The lowest BCUT2D eigenvalue weighted by Crippen LogP contribution is -2.41. The van der Waals surface area contributed by atoms with Crippen LogP contribution in [0, 0.1) is 0 Å². The second-order valence-corrected chi connectivity index (χ2v) is 7.43. The van der Waals surface area contributed by atoms with E-state index in [0.29, 0.717) is 26.1 Å². The van der Waals surface area contributed by atoms with Crippen LogP contribution in [0.2, 0.25) is 0 Å². The van der Waals surface area contributed by atoms with Gasteiger partial charge in [0.15, 0.2) is 5.78 Å². The zero-order valence-corrected chi connectivity index (χ0v) is 16.5. The molecule has 29 heavy (non-hydrogen) atoms. The molecule has 2 aromatic carbocycles. The third kappa shape index (κ3) is 4.39. The molecule has 0 saturated heterocycles. The Labute approximate surface area is 170 Å². The molecule has 2 amide bonds. The van der Waals surface area contributed by atoms with Crippen molar-refractivity contribution in [3.05, 3.63) is 71.3 Å². The number of urea groups is 1. The molecule has 2 heterocycles. The fourth-order valence-electron chi connectivity index (χ4n) is 3.85. The first-order valence-corrected chi connectivity index (χ1v) is 9.81. The summed E-state index contributed by atoms with van der Waals surface area (Å²) in [6.45, 7) is 2.05. The first kappa shape index (κ1) is 19.4. The van der Waals surface area contributed by atoms with Crippen molar-refractivity contribution in [3.63, 3.8) is 0 Å². The van der Waals surface area contributed by atoms with Gasteiger partial charge < -0.3 is 20.3 Å². The molecule has 0 radical (unpaired) electrons. The number of nitrogens with one attached hydrogen (secondary N) is 2. The van der Waals surface area contributed by atoms with Crippen molar-refractivity contribution < 1.29 is 14.3 Å². The van der Waals surface area contributed by atoms with Gasteiger partial charge in [0.25, 0.3) is 0 Å². The summed E-state index contributed by atoms with van der Waals surface area (Å²) in [5.74, 6) is 0.0635. The molecule has 2 N–H and O–H groups in total. The second kappa shape index (κ2) is 8.59. The van der Waals surface area contributed by atoms with Crippen molar-refractivity contribution in [2.45, 2.75) is 25.6 Å². The number of Topliss-reactive ketones (excluding diaryl/α,β-unsaturated/α-hetero) is 1. The zero-order valence-electron chi connectivity index (χ0n) is 16.5. The first-order chi connectivity index (χ1) is 14.1. The molecular weight excluding hydrogens is 366 g/mol. The molecule has 6 heteroatoms. The van der Waals surface area contributed by atoms with Crippen molar-refractivity contribution in [1.29, 1.82) is 0 Å². The zero-order chi connectivity index (χ0) is 20.2. The summed E-state index contributed by atoms with van der Waals surface area (Å²) in [7, 11) is 1.53. The van der Waals surface area contributed by atoms with Crippen LogP contribution < -0.4 is 10.6 Å². The lowest BCUT2D eigenvalue weighted by atomic mass is 9.93. The summed E-state index contributed by atoms with van der Waals surface area (Å²) < 4.78 is 4.96. The van der Waals surface area contributed by atoms with E-state index in [-0.39, 0.29) is 24.5 Å². The summed E-state index contributed by atoms with van der Waals surface area (Å²) in [4.78, 5) is 26.5. The Morgan fingerprint density at radius 2 is 1.79 bits per heavy atom. The second-order valence-electron chi connectivity index (χ2n) is 7.43. The van der Waals surface area contributed by atoms with E-state index in [1.165, 1.54) is 18.2 Å². The van der Waals surface area contributed by atoms with Gasteiger partial charge in [-0.1, -0.05) is 42.5 Å². The molecular formula is C23H25N3O3. The SMILES string of the molecule is COCC(=O)C1CC(c2ccc(NC(=O)N3Cc4ccccc4C3)cc2)=CCN1. The topological polar surface area (TPSA) is 70.7 Å². The van der Waals surface area contributed by atoms with Crippen LogP contribution >= 0.6 is 0 Å². The molecule has 0 aliphatic carbocycles. The molecule has 0 saturated carbocycles. The van der Waals surface area contributed by atoms with Crippen LogP contribution in [0.15, 0.2) is 54.6 Å². The predicted octanol–water partition coefficient (Wildman–Crippen LogP) is 3.20. The molecule has 0 fully saturated rings. The molecule has 1 atom stereocenters. The van der Waals surface area contributed by atoms with Gasteiger partial charge in [-0.2, -0.15) is 0 Å². The Kier molecular flexibility index (Phi) is 5.74. The maximum atomic E-state index is 12.6. The molecule has 4 rings (SSSR count).